The summed E-state index contributed by atoms with van der Waals surface area (Å²) in [5.41, 5.74) is -0.534. The standard InChI is InChI=1S/C17H22ClN3O4/c1-4-17(5-2)15(23)21(16(24)20-17)10-13(22)19-12-9-7-8-11(18)14(12)25-6-3/h7-9H,4-6,10H2,1-3H3,(H,19,22)(H,20,24). The van der Waals surface area contributed by atoms with Crippen molar-refractivity contribution in [3.63, 3.8) is 0 Å². The number of carbonyl (C=O) groups excluding carboxylic acids is 3. The smallest absolute Gasteiger partial charge is 0.325 e. The van der Waals surface area contributed by atoms with Gasteiger partial charge in [0.15, 0.2) is 5.75 Å². The van der Waals surface area contributed by atoms with Gasteiger partial charge in [-0.2, -0.15) is 0 Å². The lowest BCUT2D eigenvalue weighted by atomic mass is 9.93. The number of imide groups is 1. The summed E-state index contributed by atoms with van der Waals surface area (Å²) in [6, 6.07) is 4.41. The topological polar surface area (TPSA) is 87.7 Å². The molecule has 0 bridgehead atoms. The molecule has 0 spiro atoms. The molecule has 2 N–H and O–H groups in total. The van der Waals surface area contributed by atoms with E-state index in [1.165, 1.54) is 0 Å². The highest BCUT2D eigenvalue weighted by molar-refractivity contribution is 6.32. The van der Waals surface area contributed by atoms with E-state index in [9.17, 15) is 14.4 Å². The number of rotatable bonds is 7. The van der Waals surface area contributed by atoms with Crippen molar-refractivity contribution in [2.75, 3.05) is 18.5 Å². The molecule has 0 atom stereocenters. The van der Waals surface area contributed by atoms with Crippen molar-refractivity contribution in [1.29, 1.82) is 0 Å². The Morgan fingerprint density at radius 3 is 2.52 bits per heavy atom. The minimum absolute atomic E-state index is 0.355. The van der Waals surface area contributed by atoms with E-state index >= 15 is 0 Å². The number of para-hydroxylation sites is 1. The van der Waals surface area contributed by atoms with Gasteiger partial charge in [0.05, 0.1) is 17.3 Å². The third-order valence-electron chi connectivity index (χ3n) is 4.28. The molecule has 1 heterocycles. The molecule has 1 aliphatic rings. The fourth-order valence-electron chi connectivity index (χ4n) is 2.78. The van der Waals surface area contributed by atoms with Gasteiger partial charge in [0.2, 0.25) is 5.91 Å². The van der Waals surface area contributed by atoms with Gasteiger partial charge in [-0.15, -0.1) is 0 Å². The van der Waals surface area contributed by atoms with Crippen LogP contribution >= 0.6 is 11.6 Å². The van der Waals surface area contributed by atoms with Crippen molar-refractivity contribution in [3.05, 3.63) is 23.2 Å². The Labute approximate surface area is 151 Å². The van der Waals surface area contributed by atoms with Gasteiger partial charge < -0.3 is 15.4 Å². The molecule has 1 aliphatic heterocycles. The average Bonchev–Trinajstić information content (AvgIpc) is 2.82. The van der Waals surface area contributed by atoms with Crippen molar-refractivity contribution in [2.45, 2.75) is 39.2 Å². The molecule has 136 valence electrons. The summed E-state index contributed by atoms with van der Waals surface area (Å²) in [5, 5.41) is 5.70. The van der Waals surface area contributed by atoms with Gasteiger partial charge in [0.25, 0.3) is 5.91 Å². The highest BCUT2D eigenvalue weighted by Gasteiger charge is 2.49. The third kappa shape index (κ3) is 3.71. The number of amides is 4. The van der Waals surface area contributed by atoms with E-state index in [-0.39, 0.29) is 12.5 Å². The maximum atomic E-state index is 12.5. The summed E-state index contributed by atoms with van der Waals surface area (Å²) in [7, 11) is 0. The van der Waals surface area contributed by atoms with Gasteiger partial charge in [-0.25, -0.2) is 4.79 Å². The van der Waals surface area contributed by atoms with E-state index in [1.54, 1.807) is 25.1 Å². The number of benzene rings is 1. The largest absolute Gasteiger partial charge is 0.490 e. The molecule has 1 aromatic carbocycles. The monoisotopic (exact) mass is 367 g/mol. The zero-order chi connectivity index (χ0) is 18.6. The van der Waals surface area contributed by atoms with Gasteiger partial charge in [-0.1, -0.05) is 31.5 Å². The molecule has 1 fully saturated rings. The van der Waals surface area contributed by atoms with Gasteiger partial charge >= 0.3 is 6.03 Å². The highest BCUT2D eigenvalue weighted by atomic mass is 35.5. The summed E-state index contributed by atoms with van der Waals surface area (Å²) in [6.45, 7) is 5.47. The molecular formula is C17H22ClN3O4. The number of hydrogen-bond donors (Lipinski definition) is 2. The number of carbonyl (C=O) groups is 3. The second-order valence-corrected chi connectivity index (χ2v) is 6.12. The van der Waals surface area contributed by atoms with E-state index in [0.717, 1.165) is 4.90 Å². The summed E-state index contributed by atoms with van der Waals surface area (Å²) in [4.78, 5) is 37.9. The van der Waals surface area contributed by atoms with Crippen molar-refractivity contribution < 1.29 is 19.1 Å². The van der Waals surface area contributed by atoms with Gasteiger partial charge in [-0.3, -0.25) is 14.5 Å². The zero-order valence-corrected chi connectivity index (χ0v) is 15.3. The minimum atomic E-state index is -0.927. The lowest BCUT2D eigenvalue weighted by Gasteiger charge is -2.23. The van der Waals surface area contributed by atoms with Crippen LogP contribution in [0.25, 0.3) is 0 Å². The summed E-state index contributed by atoms with van der Waals surface area (Å²) in [6.07, 6.45) is 0.934. The van der Waals surface area contributed by atoms with Crippen LogP contribution in [0.1, 0.15) is 33.6 Å². The molecule has 4 amide bonds. The molecule has 2 rings (SSSR count). The van der Waals surface area contributed by atoms with Gasteiger partial charge in [0, 0.05) is 0 Å². The fraction of sp³-hybridized carbons (Fsp3) is 0.471. The average molecular weight is 368 g/mol. The normalized spacial score (nSPS) is 15.9. The molecule has 0 unspecified atom stereocenters. The Morgan fingerprint density at radius 1 is 1.28 bits per heavy atom. The van der Waals surface area contributed by atoms with Gasteiger partial charge in [-0.05, 0) is 31.9 Å². The molecule has 0 saturated carbocycles. The Hall–Kier alpha value is -2.28. The molecular weight excluding hydrogens is 346 g/mol. The maximum Gasteiger partial charge on any atom is 0.325 e. The van der Waals surface area contributed by atoms with E-state index in [4.69, 9.17) is 16.3 Å². The molecule has 0 aliphatic carbocycles. The van der Waals surface area contributed by atoms with Crippen molar-refractivity contribution in [1.82, 2.24) is 10.2 Å². The van der Waals surface area contributed by atoms with E-state index in [1.807, 2.05) is 13.8 Å². The highest BCUT2D eigenvalue weighted by Crippen LogP contribution is 2.33. The fourth-order valence-corrected chi connectivity index (χ4v) is 3.01. The number of halogens is 1. The third-order valence-corrected chi connectivity index (χ3v) is 4.58. The first-order valence-electron chi connectivity index (χ1n) is 8.23. The number of hydrogen-bond acceptors (Lipinski definition) is 4. The van der Waals surface area contributed by atoms with Crippen LogP contribution < -0.4 is 15.4 Å². The molecule has 25 heavy (non-hydrogen) atoms. The van der Waals surface area contributed by atoms with Crippen LogP contribution in [0.5, 0.6) is 5.75 Å². The molecule has 0 aromatic heterocycles. The Morgan fingerprint density at radius 2 is 1.96 bits per heavy atom. The first kappa shape index (κ1) is 19.1. The molecule has 0 radical (unpaired) electrons. The van der Waals surface area contributed by atoms with Crippen LogP contribution in [0, 0.1) is 0 Å². The SMILES string of the molecule is CCOc1c(Cl)cccc1NC(=O)CN1C(=O)NC(CC)(CC)C1=O. The zero-order valence-electron chi connectivity index (χ0n) is 14.5. The minimum Gasteiger partial charge on any atom is -0.490 e. The quantitative estimate of drug-likeness (QED) is 0.725. The van der Waals surface area contributed by atoms with Crippen LogP contribution in [0.15, 0.2) is 18.2 Å². The van der Waals surface area contributed by atoms with Crippen LogP contribution in [-0.2, 0) is 9.59 Å². The summed E-state index contributed by atoms with van der Waals surface area (Å²) >= 11 is 6.08. The van der Waals surface area contributed by atoms with Crippen molar-refractivity contribution in [2.24, 2.45) is 0 Å². The predicted molar refractivity (Wildman–Crippen MR) is 94.8 cm³/mol. The van der Waals surface area contributed by atoms with Crippen molar-refractivity contribution >= 4 is 35.1 Å². The maximum absolute atomic E-state index is 12.5. The Kier molecular flexibility index (Phi) is 5.89. The second kappa shape index (κ2) is 7.74. The number of anilines is 1. The summed E-state index contributed by atoms with van der Waals surface area (Å²) in [5.74, 6) is -0.530. The second-order valence-electron chi connectivity index (χ2n) is 5.71. The van der Waals surface area contributed by atoms with Crippen LogP contribution in [-0.4, -0.2) is 41.4 Å². The number of urea groups is 1. The molecule has 8 heteroatoms. The lowest BCUT2D eigenvalue weighted by Crippen LogP contribution is -2.46. The Balaban J connectivity index is 2.12. The molecule has 7 nitrogen and oxygen atoms in total. The van der Waals surface area contributed by atoms with E-state index in [2.05, 4.69) is 10.6 Å². The van der Waals surface area contributed by atoms with E-state index in [0.29, 0.717) is 35.9 Å². The van der Waals surface area contributed by atoms with Crippen LogP contribution in [0.3, 0.4) is 0 Å². The number of nitrogens with one attached hydrogen (secondary N) is 2. The number of ether oxygens (including phenoxy) is 1. The van der Waals surface area contributed by atoms with Crippen LogP contribution in [0.2, 0.25) is 5.02 Å². The van der Waals surface area contributed by atoms with Gasteiger partial charge in [0.1, 0.15) is 12.1 Å². The Bertz CT molecular complexity index is 688. The predicted octanol–water partition coefficient (Wildman–Crippen LogP) is 2.79. The lowest BCUT2D eigenvalue weighted by molar-refractivity contribution is -0.134. The molecule has 1 saturated heterocycles. The van der Waals surface area contributed by atoms with Crippen molar-refractivity contribution in [3.8, 4) is 5.75 Å². The first-order chi connectivity index (χ1) is 11.9. The first-order valence-corrected chi connectivity index (χ1v) is 8.61. The molecule has 1 aromatic rings. The summed E-state index contributed by atoms with van der Waals surface area (Å²) < 4.78 is 5.44. The number of nitrogens with zero attached hydrogens (tertiary/aromatic N) is 1. The van der Waals surface area contributed by atoms with Crippen LogP contribution in [0.4, 0.5) is 10.5 Å². The van der Waals surface area contributed by atoms with E-state index < -0.39 is 17.5 Å².